The average Bonchev–Trinajstić information content (AvgIpc) is 2.50. The lowest BCUT2D eigenvalue weighted by atomic mass is 10.1. The van der Waals surface area contributed by atoms with Crippen molar-refractivity contribution >= 4 is 46.4 Å². The first-order valence-corrected chi connectivity index (χ1v) is 7.72. The van der Waals surface area contributed by atoms with Crippen molar-refractivity contribution in [3.63, 3.8) is 0 Å². The van der Waals surface area contributed by atoms with Crippen LogP contribution >= 0.6 is 34.8 Å². The topological polar surface area (TPSA) is 41.5 Å². The maximum absolute atomic E-state index is 12.0. The molecule has 6 heteroatoms. The van der Waals surface area contributed by atoms with Gasteiger partial charge < -0.3 is 0 Å². The molecule has 0 aromatic heterocycles. The van der Waals surface area contributed by atoms with E-state index in [2.05, 4.69) is 10.5 Å². The van der Waals surface area contributed by atoms with Crippen LogP contribution in [0.5, 0.6) is 0 Å². The van der Waals surface area contributed by atoms with Gasteiger partial charge in [-0.05, 0) is 42.8 Å². The van der Waals surface area contributed by atoms with Crippen LogP contribution in [0.4, 0.5) is 0 Å². The van der Waals surface area contributed by atoms with Crippen LogP contribution < -0.4 is 5.43 Å². The number of nitrogens with one attached hydrogen (secondary N) is 1. The molecule has 0 unspecified atom stereocenters. The number of carbonyl (C=O) groups is 1. The van der Waals surface area contributed by atoms with Gasteiger partial charge in [-0.2, -0.15) is 5.10 Å². The van der Waals surface area contributed by atoms with Gasteiger partial charge in [0.1, 0.15) is 0 Å². The zero-order valence-corrected chi connectivity index (χ0v) is 14.0. The number of hydrogen-bond donors (Lipinski definition) is 1. The molecule has 2 aromatic rings. The van der Waals surface area contributed by atoms with Gasteiger partial charge in [-0.1, -0.05) is 47.8 Å². The summed E-state index contributed by atoms with van der Waals surface area (Å²) < 4.78 is 0. The number of halogens is 3. The Bertz CT molecular complexity index is 712. The Morgan fingerprint density at radius 2 is 1.68 bits per heavy atom. The van der Waals surface area contributed by atoms with Crippen LogP contribution in [0, 0.1) is 0 Å². The minimum absolute atomic E-state index is 0.312. The van der Waals surface area contributed by atoms with Gasteiger partial charge in [0, 0.05) is 21.2 Å². The second-order valence-corrected chi connectivity index (χ2v) is 5.76. The molecule has 22 heavy (non-hydrogen) atoms. The van der Waals surface area contributed by atoms with Crippen molar-refractivity contribution in [1.82, 2.24) is 5.43 Å². The number of hydrazone groups is 1. The van der Waals surface area contributed by atoms with E-state index in [0.717, 1.165) is 5.56 Å². The summed E-state index contributed by atoms with van der Waals surface area (Å²) in [4.78, 5) is 12.0. The first kappa shape index (κ1) is 16.8. The molecular weight excluding hydrogens is 343 g/mol. The van der Waals surface area contributed by atoms with Crippen molar-refractivity contribution in [3.05, 3.63) is 68.7 Å². The molecule has 0 aliphatic rings. The second kappa shape index (κ2) is 7.63. The van der Waals surface area contributed by atoms with E-state index in [-0.39, 0.29) is 5.91 Å². The molecule has 0 saturated heterocycles. The fourth-order valence-corrected chi connectivity index (χ4v) is 2.48. The number of nitrogens with zero attached hydrogens (tertiary/aromatic N) is 1. The van der Waals surface area contributed by atoms with E-state index in [4.69, 9.17) is 34.8 Å². The molecule has 0 spiro atoms. The van der Waals surface area contributed by atoms with Crippen LogP contribution in [0.15, 0.2) is 47.6 Å². The molecule has 1 amide bonds. The quantitative estimate of drug-likeness (QED) is 0.595. The Hall–Kier alpha value is -1.55. The van der Waals surface area contributed by atoms with E-state index in [1.54, 1.807) is 42.5 Å². The SMILES string of the molecule is CCC(=NNC(=O)c1ccc(Cl)cc1)c1ccc(Cl)cc1Cl. The number of benzene rings is 2. The molecule has 0 fully saturated rings. The van der Waals surface area contributed by atoms with Gasteiger partial charge in [0.15, 0.2) is 0 Å². The van der Waals surface area contributed by atoms with Crippen LogP contribution in [-0.4, -0.2) is 11.6 Å². The summed E-state index contributed by atoms with van der Waals surface area (Å²) in [5.74, 6) is -0.312. The fraction of sp³-hybridized carbons (Fsp3) is 0.125. The smallest absolute Gasteiger partial charge is 0.267 e. The van der Waals surface area contributed by atoms with Gasteiger partial charge in [0.05, 0.1) is 10.7 Å². The van der Waals surface area contributed by atoms with E-state index in [1.165, 1.54) is 0 Å². The summed E-state index contributed by atoms with van der Waals surface area (Å²) in [6, 6.07) is 11.7. The molecule has 114 valence electrons. The summed E-state index contributed by atoms with van der Waals surface area (Å²) >= 11 is 17.8. The van der Waals surface area contributed by atoms with Crippen molar-refractivity contribution in [2.75, 3.05) is 0 Å². The molecule has 0 saturated carbocycles. The lowest BCUT2D eigenvalue weighted by Gasteiger charge is -2.08. The Kier molecular flexibility index (Phi) is 5.83. The molecule has 3 nitrogen and oxygen atoms in total. The summed E-state index contributed by atoms with van der Waals surface area (Å²) in [5.41, 5.74) is 4.41. The third-order valence-electron chi connectivity index (χ3n) is 2.98. The van der Waals surface area contributed by atoms with Crippen molar-refractivity contribution < 1.29 is 4.79 Å². The van der Waals surface area contributed by atoms with Gasteiger partial charge in [0.2, 0.25) is 0 Å². The molecule has 0 bridgehead atoms. The minimum Gasteiger partial charge on any atom is -0.267 e. The Labute approximate surface area is 143 Å². The Morgan fingerprint density at radius 1 is 1.05 bits per heavy atom. The highest BCUT2D eigenvalue weighted by Crippen LogP contribution is 2.22. The van der Waals surface area contributed by atoms with Gasteiger partial charge >= 0.3 is 0 Å². The largest absolute Gasteiger partial charge is 0.271 e. The van der Waals surface area contributed by atoms with Crippen LogP contribution in [0.25, 0.3) is 0 Å². The summed E-state index contributed by atoms with van der Waals surface area (Å²) in [5, 5.41) is 5.77. The Morgan fingerprint density at radius 3 is 2.27 bits per heavy atom. The molecule has 0 aliphatic heterocycles. The first-order valence-electron chi connectivity index (χ1n) is 6.59. The van der Waals surface area contributed by atoms with Crippen molar-refractivity contribution in [3.8, 4) is 0 Å². The second-order valence-electron chi connectivity index (χ2n) is 4.48. The lowest BCUT2D eigenvalue weighted by molar-refractivity contribution is 0.0955. The van der Waals surface area contributed by atoms with Crippen LogP contribution in [0.1, 0.15) is 29.3 Å². The van der Waals surface area contributed by atoms with E-state index < -0.39 is 0 Å². The standard InChI is InChI=1S/C16H13Cl3N2O/c1-2-15(13-8-7-12(18)9-14(13)19)20-21-16(22)10-3-5-11(17)6-4-10/h3-9H,2H2,1H3,(H,21,22). The third-order valence-corrected chi connectivity index (χ3v) is 3.78. The summed E-state index contributed by atoms with van der Waals surface area (Å²) in [7, 11) is 0. The molecule has 2 aromatic carbocycles. The molecule has 0 atom stereocenters. The molecule has 0 radical (unpaired) electrons. The van der Waals surface area contributed by atoms with E-state index in [9.17, 15) is 4.79 Å². The van der Waals surface area contributed by atoms with Gasteiger partial charge in [-0.3, -0.25) is 4.79 Å². The summed E-state index contributed by atoms with van der Waals surface area (Å²) in [6.07, 6.45) is 0.613. The minimum atomic E-state index is -0.312. The van der Waals surface area contributed by atoms with Crippen molar-refractivity contribution in [2.45, 2.75) is 13.3 Å². The average molecular weight is 356 g/mol. The molecule has 0 aliphatic carbocycles. The lowest BCUT2D eigenvalue weighted by Crippen LogP contribution is -2.20. The predicted octanol–water partition coefficient (Wildman–Crippen LogP) is 5.19. The zero-order valence-electron chi connectivity index (χ0n) is 11.7. The molecular formula is C16H13Cl3N2O. The highest BCUT2D eigenvalue weighted by atomic mass is 35.5. The maximum atomic E-state index is 12.0. The van der Waals surface area contributed by atoms with Gasteiger partial charge in [-0.25, -0.2) is 5.43 Å². The third kappa shape index (κ3) is 4.23. The fourth-order valence-electron chi connectivity index (χ4n) is 1.84. The highest BCUT2D eigenvalue weighted by Gasteiger charge is 2.09. The van der Waals surface area contributed by atoms with Gasteiger partial charge in [0.25, 0.3) is 5.91 Å². The number of amides is 1. The van der Waals surface area contributed by atoms with Crippen molar-refractivity contribution in [2.24, 2.45) is 5.10 Å². The number of carbonyl (C=O) groups excluding carboxylic acids is 1. The normalized spacial score (nSPS) is 11.4. The van der Waals surface area contributed by atoms with E-state index >= 15 is 0 Å². The molecule has 0 heterocycles. The Balaban J connectivity index is 2.18. The molecule has 2 rings (SSSR count). The predicted molar refractivity (Wildman–Crippen MR) is 92.2 cm³/mol. The first-order chi connectivity index (χ1) is 10.5. The maximum Gasteiger partial charge on any atom is 0.271 e. The highest BCUT2D eigenvalue weighted by molar-refractivity contribution is 6.37. The van der Waals surface area contributed by atoms with Crippen LogP contribution in [0.2, 0.25) is 15.1 Å². The molecule has 1 N–H and O–H groups in total. The monoisotopic (exact) mass is 354 g/mol. The van der Waals surface area contributed by atoms with Crippen molar-refractivity contribution in [1.29, 1.82) is 0 Å². The number of rotatable bonds is 4. The van der Waals surface area contributed by atoms with Gasteiger partial charge in [-0.15, -0.1) is 0 Å². The summed E-state index contributed by atoms with van der Waals surface area (Å²) in [6.45, 7) is 1.93. The van der Waals surface area contributed by atoms with E-state index in [1.807, 2.05) is 6.92 Å². The number of hydrogen-bond acceptors (Lipinski definition) is 2. The van der Waals surface area contributed by atoms with E-state index in [0.29, 0.717) is 32.8 Å². The van der Waals surface area contributed by atoms with Crippen LogP contribution in [-0.2, 0) is 0 Å². The zero-order chi connectivity index (χ0) is 16.1. The van der Waals surface area contributed by atoms with Crippen LogP contribution in [0.3, 0.4) is 0 Å².